The first-order valence-electron chi connectivity index (χ1n) is 6.94. The van der Waals surface area contributed by atoms with E-state index in [1.54, 1.807) is 18.2 Å². The molecule has 0 spiro atoms. The van der Waals surface area contributed by atoms with Gasteiger partial charge in [0.05, 0.1) is 6.54 Å². The minimum absolute atomic E-state index is 0.235. The zero-order chi connectivity index (χ0) is 14.7. The molecule has 21 heavy (non-hydrogen) atoms. The molecule has 0 atom stereocenters. The summed E-state index contributed by atoms with van der Waals surface area (Å²) in [5.41, 5.74) is 1.42. The highest BCUT2D eigenvalue weighted by atomic mass is 19.1. The summed E-state index contributed by atoms with van der Waals surface area (Å²) in [4.78, 5) is 11.9. The lowest BCUT2D eigenvalue weighted by Crippen LogP contribution is -2.28. The molecule has 1 amide bonds. The number of carbonyl (C=O) groups excluding carboxylic acids is 1. The third-order valence-electron chi connectivity index (χ3n) is 3.30. The van der Waals surface area contributed by atoms with Crippen molar-refractivity contribution in [1.29, 1.82) is 0 Å². The van der Waals surface area contributed by atoms with Crippen molar-refractivity contribution < 1.29 is 13.9 Å². The van der Waals surface area contributed by atoms with Crippen molar-refractivity contribution in [1.82, 2.24) is 15.5 Å². The average molecular weight is 289 g/mol. The van der Waals surface area contributed by atoms with Crippen molar-refractivity contribution in [3.05, 3.63) is 47.5 Å². The number of benzene rings is 1. The van der Waals surface area contributed by atoms with Crippen molar-refractivity contribution >= 4 is 5.91 Å². The van der Waals surface area contributed by atoms with Crippen LogP contribution in [0.4, 0.5) is 4.39 Å². The standard InChI is InChI=1S/C15H16FN3O2/c16-11-2-1-3-12(8-11)21-7-6-17-15(20)14-9-13(18-19-14)10-4-5-10/h1-3,8-10H,4-7H2,(H,17,20)(H,18,19). The summed E-state index contributed by atoms with van der Waals surface area (Å²) in [7, 11) is 0. The van der Waals surface area contributed by atoms with Crippen LogP contribution in [0.25, 0.3) is 0 Å². The van der Waals surface area contributed by atoms with E-state index in [-0.39, 0.29) is 18.3 Å². The van der Waals surface area contributed by atoms with Crippen LogP contribution in [0.3, 0.4) is 0 Å². The van der Waals surface area contributed by atoms with Gasteiger partial charge in [-0.25, -0.2) is 4.39 Å². The van der Waals surface area contributed by atoms with E-state index in [4.69, 9.17) is 4.74 Å². The van der Waals surface area contributed by atoms with Crippen LogP contribution in [0, 0.1) is 5.82 Å². The molecule has 0 saturated heterocycles. The molecule has 1 aromatic heterocycles. The molecule has 1 heterocycles. The molecule has 5 nitrogen and oxygen atoms in total. The number of hydrogen-bond donors (Lipinski definition) is 2. The van der Waals surface area contributed by atoms with Crippen LogP contribution in [0.5, 0.6) is 5.75 Å². The normalized spacial score (nSPS) is 14.0. The van der Waals surface area contributed by atoms with Crippen LogP contribution in [0.15, 0.2) is 30.3 Å². The molecule has 1 saturated carbocycles. The maximum atomic E-state index is 12.9. The molecule has 110 valence electrons. The fraction of sp³-hybridized carbons (Fsp3) is 0.333. The Morgan fingerprint density at radius 2 is 2.29 bits per heavy atom. The number of halogens is 1. The van der Waals surface area contributed by atoms with Crippen molar-refractivity contribution in [3.63, 3.8) is 0 Å². The summed E-state index contributed by atoms with van der Waals surface area (Å²) in [6, 6.07) is 7.69. The third-order valence-corrected chi connectivity index (χ3v) is 3.30. The van der Waals surface area contributed by atoms with E-state index in [1.807, 2.05) is 0 Å². The average Bonchev–Trinajstić information content (AvgIpc) is 3.21. The molecule has 2 aromatic rings. The lowest BCUT2D eigenvalue weighted by atomic mass is 10.2. The molecule has 0 unspecified atom stereocenters. The smallest absolute Gasteiger partial charge is 0.271 e. The second-order valence-electron chi connectivity index (χ2n) is 5.04. The lowest BCUT2D eigenvalue weighted by molar-refractivity contribution is 0.0942. The highest BCUT2D eigenvalue weighted by molar-refractivity contribution is 5.92. The van der Waals surface area contributed by atoms with Gasteiger partial charge in [-0.2, -0.15) is 5.10 Å². The number of nitrogens with zero attached hydrogens (tertiary/aromatic N) is 1. The Morgan fingerprint density at radius 3 is 3.05 bits per heavy atom. The molecule has 1 aromatic carbocycles. The zero-order valence-electron chi connectivity index (χ0n) is 11.4. The van der Waals surface area contributed by atoms with E-state index in [9.17, 15) is 9.18 Å². The Kier molecular flexibility index (Phi) is 3.85. The first kappa shape index (κ1) is 13.6. The summed E-state index contributed by atoms with van der Waals surface area (Å²) in [5, 5.41) is 9.60. The van der Waals surface area contributed by atoms with Crippen LogP contribution in [-0.4, -0.2) is 29.3 Å². The zero-order valence-corrected chi connectivity index (χ0v) is 11.4. The number of aromatic amines is 1. The fourth-order valence-electron chi connectivity index (χ4n) is 2.04. The Morgan fingerprint density at radius 1 is 1.43 bits per heavy atom. The summed E-state index contributed by atoms with van der Waals surface area (Å²) in [5.74, 6) is 0.400. The molecule has 1 fully saturated rings. The number of aromatic nitrogens is 2. The molecular weight excluding hydrogens is 273 g/mol. The van der Waals surface area contributed by atoms with Crippen LogP contribution in [0.1, 0.15) is 34.9 Å². The first-order valence-corrected chi connectivity index (χ1v) is 6.94. The number of rotatable bonds is 6. The number of ether oxygens (including phenoxy) is 1. The predicted molar refractivity (Wildman–Crippen MR) is 74.8 cm³/mol. The SMILES string of the molecule is O=C(NCCOc1cccc(F)c1)c1cc(C2CC2)[nH]n1. The second kappa shape index (κ2) is 5.95. The molecule has 0 aliphatic heterocycles. The van der Waals surface area contributed by atoms with Gasteiger partial charge in [0, 0.05) is 17.7 Å². The number of nitrogens with one attached hydrogen (secondary N) is 2. The highest BCUT2D eigenvalue weighted by Crippen LogP contribution is 2.38. The Labute approximate surface area is 121 Å². The Bertz CT molecular complexity index is 637. The van der Waals surface area contributed by atoms with Gasteiger partial charge < -0.3 is 10.1 Å². The molecule has 6 heteroatoms. The van der Waals surface area contributed by atoms with Gasteiger partial charge in [0.25, 0.3) is 5.91 Å². The van der Waals surface area contributed by atoms with E-state index in [0.29, 0.717) is 23.9 Å². The van der Waals surface area contributed by atoms with Crippen molar-refractivity contribution in [2.24, 2.45) is 0 Å². The van der Waals surface area contributed by atoms with E-state index < -0.39 is 0 Å². The van der Waals surface area contributed by atoms with Gasteiger partial charge in [-0.05, 0) is 31.0 Å². The van der Waals surface area contributed by atoms with Crippen molar-refractivity contribution in [2.75, 3.05) is 13.2 Å². The minimum atomic E-state index is -0.347. The van der Waals surface area contributed by atoms with Crippen LogP contribution >= 0.6 is 0 Å². The number of H-pyrrole nitrogens is 1. The van der Waals surface area contributed by atoms with Gasteiger partial charge in [-0.15, -0.1) is 0 Å². The van der Waals surface area contributed by atoms with E-state index in [0.717, 1.165) is 18.5 Å². The fourth-order valence-corrected chi connectivity index (χ4v) is 2.04. The predicted octanol–water partition coefficient (Wildman–Crippen LogP) is 2.24. The molecule has 0 radical (unpaired) electrons. The topological polar surface area (TPSA) is 67.0 Å². The molecule has 2 N–H and O–H groups in total. The lowest BCUT2D eigenvalue weighted by Gasteiger charge is -2.06. The largest absolute Gasteiger partial charge is 0.492 e. The number of amides is 1. The van der Waals surface area contributed by atoms with Gasteiger partial charge >= 0.3 is 0 Å². The quantitative estimate of drug-likeness (QED) is 0.801. The number of hydrogen-bond acceptors (Lipinski definition) is 3. The van der Waals surface area contributed by atoms with Crippen LogP contribution in [0.2, 0.25) is 0 Å². The van der Waals surface area contributed by atoms with E-state index >= 15 is 0 Å². The first-order chi connectivity index (χ1) is 10.2. The number of carbonyl (C=O) groups is 1. The Hall–Kier alpha value is -2.37. The summed E-state index contributed by atoms with van der Waals surface area (Å²) in [6.45, 7) is 0.607. The van der Waals surface area contributed by atoms with Crippen LogP contribution in [-0.2, 0) is 0 Å². The van der Waals surface area contributed by atoms with E-state index in [1.165, 1.54) is 12.1 Å². The van der Waals surface area contributed by atoms with Gasteiger partial charge in [-0.3, -0.25) is 9.89 Å². The van der Waals surface area contributed by atoms with Crippen molar-refractivity contribution in [2.45, 2.75) is 18.8 Å². The molecule has 3 rings (SSSR count). The third kappa shape index (κ3) is 3.59. The van der Waals surface area contributed by atoms with Gasteiger partial charge in [0.2, 0.25) is 0 Å². The summed E-state index contributed by atoms with van der Waals surface area (Å²) in [6.07, 6.45) is 2.31. The molecule has 1 aliphatic carbocycles. The summed E-state index contributed by atoms with van der Waals surface area (Å²) >= 11 is 0. The second-order valence-corrected chi connectivity index (χ2v) is 5.04. The van der Waals surface area contributed by atoms with Crippen molar-refractivity contribution in [3.8, 4) is 5.75 Å². The maximum absolute atomic E-state index is 12.9. The minimum Gasteiger partial charge on any atom is -0.492 e. The molecule has 0 bridgehead atoms. The highest BCUT2D eigenvalue weighted by Gasteiger charge is 2.26. The van der Waals surface area contributed by atoms with Gasteiger partial charge in [0.15, 0.2) is 0 Å². The Balaban J connectivity index is 1.43. The van der Waals surface area contributed by atoms with Gasteiger partial charge in [0.1, 0.15) is 23.9 Å². The monoisotopic (exact) mass is 289 g/mol. The summed E-state index contributed by atoms with van der Waals surface area (Å²) < 4.78 is 18.3. The molecular formula is C15H16FN3O2. The molecule has 1 aliphatic rings. The van der Waals surface area contributed by atoms with Gasteiger partial charge in [-0.1, -0.05) is 6.07 Å². The maximum Gasteiger partial charge on any atom is 0.271 e. The van der Waals surface area contributed by atoms with Crippen LogP contribution < -0.4 is 10.1 Å². The van der Waals surface area contributed by atoms with E-state index in [2.05, 4.69) is 15.5 Å².